The van der Waals surface area contributed by atoms with Gasteiger partial charge in [-0.25, -0.2) is 9.67 Å². The summed E-state index contributed by atoms with van der Waals surface area (Å²) in [5.41, 5.74) is 7.31. The van der Waals surface area contributed by atoms with Crippen LogP contribution in [0.2, 0.25) is 0 Å². The van der Waals surface area contributed by atoms with Crippen LogP contribution >= 0.6 is 0 Å². The highest BCUT2D eigenvalue weighted by molar-refractivity contribution is 5.91. The first kappa shape index (κ1) is 12.1. The summed E-state index contributed by atoms with van der Waals surface area (Å²) in [5.74, 6) is 0.0116. The lowest BCUT2D eigenvalue weighted by molar-refractivity contribution is -0.116. The van der Waals surface area contributed by atoms with Gasteiger partial charge in [-0.2, -0.15) is 0 Å². The number of carbonyl (C=O) groups excluding carboxylic acids is 1. The fourth-order valence-electron chi connectivity index (χ4n) is 1.67. The number of aromatic nitrogens is 3. The third-order valence-corrected chi connectivity index (χ3v) is 2.53. The number of nitrogens with one attached hydrogen (secondary N) is 1. The number of amides is 1. The van der Waals surface area contributed by atoms with E-state index in [1.165, 1.54) is 11.0 Å². The first-order chi connectivity index (χ1) is 8.69. The van der Waals surface area contributed by atoms with Crippen LogP contribution in [0, 0.1) is 0 Å². The molecule has 0 fully saturated rings. The molecule has 0 aliphatic carbocycles. The first-order valence-electron chi connectivity index (χ1n) is 5.71. The topological polar surface area (TPSA) is 85.8 Å². The van der Waals surface area contributed by atoms with Gasteiger partial charge in [0, 0.05) is 5.69 Å². The van der Waals surface area contributed by atoms with E-state index in [0.717, 1.165) is 17.7 Å². The van der Waals surface area contributed by atoms with Gasteiger partial charge in [0.15, 0.2) is 0 Å². The Hall–Kier alpha value is -2.37. The van der Waals surface area contributed by atoms with Crippen LogP contribution in [0.1, 0.15) is 12.5 Å². The van der Waals surface area contributed by atoms with Gasteiger partial charge >= 0.3 is 0 Å². The number of anilines is 2. The van der Waals surface area contributed by atoms with Crippen molar-refractivity contribution in [3.05, 3.63) is 36.2 Å². The number of hydrogen-bond donors (Lipinski definition) is 2. The molecule has 0 aliphatic rings. The van der Waals surface area contributed by atoms with Crippen LogP contribution in [0.4, 0.5) is 11.6 Å². The molecule has 0 saturated carbocycles. The summed E-state index contributed by atoms with van der Waals surface area (Å²) >= 11 is 0. The fraction of sp³-hybridized carbons (Fsp3) is 0.250. The van der Waals surface area contributed by atoms with E-state index in [4.69, 9.17) is 5.73 Å². The molecule has 0 radical (unpaired) electrons. The molecule has 6 heteroatoms. The van der Waals surface area contributed by atoms with Gasteiger partial charge in [0.05, 0.1) is 0 Å². The van der Waals surface area contributed by atoms with Gasteiger partial charge in [-0.05, 0) is 18.1 Å². The van der Waals surface area contributed by atoms with Gasteiger partial charge in [-0.15, -0.1) is 5.10 Å². The third-order valence-electron chi connectivity index (χ3n) is 2.53. The molecule has 0 atom stereocenters. The van der Waals surface area contributed by atoms with E-state index in [9.17, 15) is 4.79 Å². The molecule has 18 heavy (non-hydrogen) atoms. The average molecular weight is 245 g/mol. The van der Waals surface area contributed by atoms with E-state index in [2.05, 4.69) is 15.4 Å². The van der Waals surface area contributed by atoms with E-state index in [1.54, 1.807) is 0 Å². The second kappa shape index (κ2) is 5.31. The van der Waals surface area contributed by atoms with Crippen LogP contribution in [0.3, 0.4) is 0 Å². The Morgan fingerprint density at radius 1 is 1.44 bits per heavy atom. The van der Waals surface area contributed by atoms with Gasteiger partial charge < -0.3 is 11.1 Å². The average Bonchev–Trinajstić information content (AvgIpc) is 2.75. The molecule has 3 N–H and O–H groups in total. The van der Waals surface area contributed by atoms with Gasteiger partial charge in [-0.1, -0.05) is 25.1 Å². The zero-order valence-corrected chi connectivity index (χ0v) is 10.1. The quantitative estimate of drug-likeness (QED) is 0.843. The summed E-state index contributed by atoms with van der Waals surface area (Å²) < 4.78 is 1.40. The summed E-state index contributed by atoms with van der Waals surface area (Å²) in [5, 5.41) is 6.71. The van der Waals surface area contributed by atoms with Gasteiger partial charge in [0.2, 0.25) is 11.9 Å². The Morgan fingerprint density at radius 3 is 2.89 bits per heavy atom. The summed E-state index contributed by atoms with van der Waals surface area (Å²) in [7, 11) is 0. The van der Waals surface area contributed by atoms with E-state index >= 15 is 0 Å². The van der Waals surface area contributed by atoms with Crippen molar-refractivity contribution in [2.75, 3.05) is 11.1 Å². The third kappa shape index (κ3) is 2.85. The zero-order chi connectivity index (χ0) is 13.0. The Kier molecular flexibility index (Phi) is 3.57. The normalized spacial score (nSPS) is 10.3. The van der Waals surface area contributed by atoms with Crippen LogP contribution < -0.4 is 11.1 Å². The number of para-hydroxylation sites is 1. The number of benzene rings is 1. The smallest absolute Gasteiger partial charge is 0.246 e. The molecule has 1 heterocycles. The second-order valence-corrected chi connectivity index (χ2v) is 3.86. The van der Waals surface area contributed by atoms with Crippen molar-refractivity contribution in [2.24, 2.45) is 0 Å². The van der Waals surface area contributed by atoms with Crippen LogP contribution in [-0.2, 0) is 17.8 Å². The molecule has 6 nitrogen and oxygen atoms in total. The molecule has 1 aromatic carbocycles. The SMILES string of the molecule is CCc1ccccc1NC(=O)Cn1cnc(N)n1. The molecule has 94 valence electrons. The molecule has 2 aromatic rings. The van der Waals surface area contributed by atoms with Crippen molar-refractivity contribution in [3.63, 3.8) is 0 Å². The number of hydrogen-bond acceptors (Lipinski definition) is 4. The standard InChI is InChI=1S/C12H15N5O/c1-2-9-5-3-4-6-10(9)15-11(18)7-17-8-14-12(13)16-17/h3-6,8H,2,7H2,1H3,(H2,13,16)(H,15,18). The van der Waals surface area contributed by atoms with Crippen LogP contribution in [0.5, 0.6) is 0 Å². The van der Waals surface area contributed by atoms with Crippen molar-refractivity contribution < 1.29 is 4.79 Å². The summed E-state index contributed by atoms with van der Waals surface area (Å²) in [6.45, 7) is 2.14. The summed E-state index contributed by atoms with van der Waals surface area (Å²) in [6, 6.07) is 7.71. The van der Waals surface area contributed by atoms with E-state index in [-0.39, 0.29) is 18.4 Å². The summed E-state index contributed by atoms with van der Waals surface area (Å²) in [6.07, 6.45) is 2.30. The van der Waals surface area contributed by atoms with Crippen molar-refractivity contribution in [1.29, 1.82) is 0 Å². The predicted octanol–water partition coefficient (Wildman–Crippen LogP) is 1.06. The highest BCUT2D eigenvalue weighted by atomic mass is 16.2. The zero-order valence-electron chi connectivity index (χ0n) is 10.1. The molecule has 0 spiro atoms. The molecule has 1 aromatic heterocycles. The Morgan fingerprint density at radius 2 is 2.22 bits per heavy atom. The minimum absolute atomic E-state index is 0.0995. The summed E-state index contributed by atoms with van der Waals surface area (Å²) in [4.78, 5) is 15.6. The van der Waals surface area contributed by atoms with Gasteiger partial charge in [0.25, 0.3) is 0 Å². The van der Waals surface area contributed by atoms with Crippen molar-refractivity contribution in [2.45, 2.75) is 19.9 Å². The lowest BCUT2D eigenvalue weighted by atomic mass is 10.1. The highest BCUT2D eigenvalue weighted by Gasteiger charge is 2.07. The monoisotopic (exact) mass is 245 g/mol. The second-order valence-electron chi connectivity index (χ2n) is 3.86. The number of rotatable bonds is 4. The maximum Gasteiger partial charge on any atom is 0.246 e. The largest absolute Gasteiger partial charge is 0.367 e. The molecular weight excluding hydrogens is 230 g/mol. The number of nitrogen functional groups attached to an aromatic ring is 1. The molecular formula is C12H15N5O. The maximum absolute atomic E-state index is 11.8. The minimum Gasteiger partial charge on any atom is -0.367 e. The van der Waals surface area contributed by atoms with E-state index < -0.39 is 0 Å². The van der Waals surface area contributed by atoms with Crippen LogP contribution in [-0.4, -0.2) is 20.7 Å². The van der Waals surface area contributed by atoms with Gasteiger partial charge in [-0.3, -0.25) is 4.79 Å². The van der Waals surface area contributed by atoms with Crippen molar-refractivity contribution >= 4 is 17.5 Å². The number of nitrogens with two attached hydrogens (primary N) is 1. The van der Waals surface area contributed by atoms with Crippen molar-refractivity contribution in [3.8, 4) is 0 Å². The van der Waals surface area contributed by atoms with Gasteiger partial charge in [0.1, 0.15) is 12.9 Å². The molecule has 0 saturated heterocycles. The predicted molar refractivity (Wildman–Crippen MR) is 68.9 cm³/mol. The number of nitrogens with zero attached hydrogens (tertiary/aromatic N) is 3. The number of aryl methyl sites for hydroxylation is 1. The molecule has 0 bridgehead atoms. The lowest BCUT2D eigenvalue weighted by Crippen LogP contribution is -2.19. The maximum atomic E-state index is 11.8. The minimum atomic E-state index is -0.152. The molecule has 0 unspecified atom stereocenters. The molecule has 0 aliphatic heterocycles. The lowest BCUT2D eigenvalue weighted by Gasteiger charge is -2.09. The molecule has 2 rings (SSSR count). The number of carbonyl (C=O) groups is 1. The van der Waals surface area contributed by atoms with Crippen molar-refractivity contribution in [1.82, 2.24) is 14.8 Å². The van der Waals surface area contributed by atoms with E-state index in [1.807, 2.05) is 31.2 Å². The van der Waals surface area contributed by atoms with Crippen LogP contribution in [0.15, 0.2) is 30.6 Å². The Balaban J connectivity index is 2.03. The first-order valence-corrected chi connectivity index (χ1v) is 5.71. The molecule has 1 amide bonds. The Bertz CT molecular complexity index is 549. The van der Waals surface area contributed by atoms with E-state index in [0.29, 0.717) is 0 Å². The van der Waals surface area contributed by atoms with Crippen LogP contribution in [0.25, 0.3) is 0 Å². The Labute approximate surface area is 105 Å². The fourth-order valence-corrected chi connectivity index (χ4v) is 1.67. The highest BCUT2D eigenvalue weighted by Crippen LogP contribution is 2.15.